The van der Waals surface area contributed by atoms with Crippen molar-refractivity contribution in [3.05, 3.63) is 101 Å². The van der Waals surface area contributed by atoms with E-state index < -0.39 is 24.1 Å². The second-order valence-electron chi connectivity index (χ2n) is 8.45. The Morgan fingerprint density at radius 1 is 0.824 bits per heavy atom. The molecule has 0 aromatic heterocycles. The topological polar surface area (TPSA) is 71.1 Å². The van der Waals surface area contributed by atoms with Crippen LogP contribution in [0.5, 0.6) is 5.75 Å². The molecule has 1 aliphatic heterocycles. The third-order valence-electron chi connectivity index (χ3n) is 5.90. The fraction of sp³-hybridized carbons (Fsp3) is 0.286. The third kappa shape index (κ3) is 5.64. The number of benzene rings is 3. The van der Waals surface area contributed by atoms with Crippen molar-refractivity contribution in [1.29, 1.82) is 0 Å². The van der Waals surface area contributed by atoms with Crippen molar-refractivity contribution in [2.75, 3.05) is 13.7 Å². The number of aryl methyl sites for hydroxylation is 2. The molecule has 3 aromatic carbocycles. The Hall–Kier alpha value is -3.64. The van der Waals surface area contributed by atoms with Gasteiger partial charge in [-0.3, -0.25) is 0 Å². The minimum atomic E-state index is -0.587. The molecule has 0 spiro atoms. The largest absolute Gasteiger partial charge is 0.497 e. The first kappa shape index (κ1) is 23.5. The zero-order valence-corrected chi connectivity index (χ0v) is 19.5. The molecule has 1 aliphatic rings. The molecule has 0 N–H and O–H groups in total. The highest BCUT2D eigenvalue weighted by Crippen LogP contribution is 2.36. The lowest BCUT2D eigenvalue weighted by atomic mass is 10.0. The summed E-state index contributed by atoms with van der Waals surface area (Å²) in [6.45, 7) is 3.89. The summed E-state index contributed by atoms with van der Waals surface area (Å²) < 4.78 is 22.8. The average Bonchev–Trinajstić information content (AvgIpc) is 3.25. The number of hydrogen-bond acceptors (Lipinski definition) is 6. The van der Waals surface area contributed by atoms with Crippen LogP contribution in [0, 0.1) is 13.8 Å². The summed E-state index contributed by atoms with van der Waals surface area (Å²) in [4.78, 5) is 25.3. The number of esters is 2. The van der Waals surface area contributed by atoms with Crippen molar-refractivity contribution in [2.45, 2.75) is 38.6 Å². The second-order valence-corrected chi connectivity index (χ2v) is 8.45. The summed E-state index contributed by atoms with van der Waals surface area (Å²) in [5, 5.41) is 0. The minimum absolute atomic E-state index is 0.0226. The Morgan fingerprint density at radius 3 is 1.94 bits per heavy atom. The summed E-state index contributed by atoms with van der Waals surface area (Å²) in [5.74, 6) is -0.133. The van der Waals surface area contributed by atoms with Crippen LogP contribution in [0.2, 0.25) is 0 Å². The molecular weight excluding hydrogens is 432 g/mol. The first-order valence-corrected chi connectivity index (χ1v) is 11.2. The van der Waals surface area contributed by atoms with Gasteiger partial charge in [0.25, 0.3) is 0 Å². The number of carbonyl (C=O) groups is 2. The molecule has 1 fully saturated rings. The summed E-state index contributed by atoms with van der Waals surface area (Å²) in [6.07, 6.45) is -0.996. The van der Waals surface area contributed by atoms with Gasteiger partial charge in [-0.05, 0) is 55.8 Å². The molecule has 0 aliphatic carbocycles. The van der Waals surface area contributed by atoms with Crippen LogP contribution in [-0.4, -0.2) is 37.9 Å². The van der Waals surface area contributed by atoms with Gasteiger partial charge in [-0.25, -0.2) is 9.59 Å². The molecule has 1 heterocycles. The predicted octanol–water partition coefficient (Wildman–Crippen LogP) is 5.22. The molecule has 3 aromatic rings. The molecule has 3 atom stereocenters. The highest BCUT2D eigenvalue weighted by Gasteiger charge is 2.39. The number of carbonyl (C=O) groups excluding carboxylic acids is 2. The van der Waals surface area contributed by atoms with Crippen LogP contribution in [-0.2, 0) is 14.2 Å². The van der Waals surface area contributed by atoms with E-state index in [9.17, 15) is 9.59 Å². The summed E-state index contributed by atoms with van der Waals surface area (Å²) in [5.41, 5.74) is 3.98. The maximum absolute atomic E-state index is 12.8. The SMILES string of the molecule is COc1ccc([C@H]2C[C@H](OC(=O)c3ccc(C)cc3)[C@@H](COC(=O)c3ccc(C)cc3)O2)cc1. The Kier molecular flexibility index (Phi) is 7.28. The quantitative estimate of drug-likeness (QED) is 0.450. The molecule has 4 rings (SSSR count). The molecule has 0 saturated carbocycles. The molecule has 34 heavy (non-hydrogen) atoms. The maximum Gasteiger partial charge on any atom is 0.338 e. The molecular formula is C28H28O6. The normalized spacial score (nSPS) is 19.4. The van der Waals surface area contributed by atoms with Crippen LogP contribution < -0.4 is 4.74 Å². The van der Waals surface area contributed by atoms with Crippen molar-refractivity contribution < 1.29 is 28.5 Å². The standard InChI is InChI=1S/C28H28O6/c1-18-4-8-21(9-5-18)27(29)32-17-26-25(34-28(30)22-10-6-19(2)7-11-22)16-24(33-26)20-12-14-23(31-3)15-13-20/h4-15,24-26H,16-17H2,1-3H3/t24-,25+,26-/m1/s1. The van der Waals surface area contributed by atoms with Gasteiger partial charge in [0, 0.05) is 6.42 Å². The third-order valence-corrected chi connectivity index (χ3v) is 5.90. The van der Waals surface area contributed by atoms with Gasteiger partial charge < -0.3 is 18.9 Å². The van der Waals surface area contributed by atoms with Crippen LogP contribution in [0.3, 0.4) is 0 Å². The molecule has 0 bridgehead atoms. The molecule has 176 valence electrons. The number of ether oxygens (including phenoxy) is 4. The van der Waals surface area contributed by atoms with Gasteiger partial charge in [0.15, 0.2) is 0 Å². The lowest BCUT2D eigenvalue weighted by Gasteiger charge is -2.19. The number of methoxy groups -OCH3 is 1. The minimum Gasteiger partial charge on any atom is -0.497 e. The summed E-state index contributed by atoms with van der Waals surface area (Å²) in [6, 6.07) is 21.9. The fourth-order valence-corrected chi connectivity index (χ4v) is 3.85. The Morgan fingerprint density at radius 2 is 1.38 bits per heavy atom. The monoisotopic (exact) mass is 460 g/mol. The van der Waals surface area contributed by atoms with Gasteiger partial charge in [0.2, 0.25) is 0 Å². The zero-order valence-electron chi connectivity index (χ0n) is 19.5. The van der Waals surface area contributed by atoms with Gasteiger partial charge in [-0.15, -0.1) is 0 Å². The summed E-state index contributed by atoms with van der Waals surface area (Å²) >= 11 is 0. The van der Waals surface area contributed by atoms with Crippen molar-refractivity contribution in [3.8, 4) is 5.75 Å². The summed E-state index contributed by atoms with van der Waals surface area (Å²) in [7, 11) is 1.61. The van der Waals surface area contributed by atoms with Crippen LogP contribution >= 0.6 is 0 Å². The average molecular weight is 461 g/mol. The molecule has 0 radical (unpaired) electrons. The lowest BCUT2D eigenvalue weighted by Crippen LogP contribution is -2.32. The predicted molar refractivity (Wildman–Crippen MR) is 127 cm³/mol. The molecule has 6 nitrogen and oxygen atoms in total. The van der Waals surface area contributed by atoms with Gasteiger partial charge >= 0.3 is 11.9 Å². The van der Waals surface area contributed by atoms with Gasteiger partial charge in [0.05, 0.1) is 24.3 Å². The fourth-order valence-electron chi connectivity index (χ4n) is 3.85. The van der Waals surface area contributed by atoms with E-state index in [2.05, 4.69) is 0 Å². The molecule has 0 amide bonds. The lowest BCUT2D eigenvalue weighted by molar-refractivity contribution is -0.0427. The smallest absolute Gasteiger partial charge is 0.338 e. The van der Waals surface area contributed by atoms with Crippen molar-refractivity contribution in [1.82, 2.24) is 0 Å². The molecule has 6 heteroatoms. The van der Waals surface area contributed by atoms with E-state index in [0.29, 0.717) is 17.5 Å². The molecule has 1 saturated heterocycles. The van der Waals surface area contributed by atoms with Gasteiger partial charge in [-0.2, -0.15) is 0 Å². The highest BCUT2D eigenvalue weighted by molar-refractivity contribution is 5.90. The van der Waals surface area contributed by atoms with Crippen molar-refractivity contribution in [2.24, 2.45) is 0 Å². The van der Waals surface area contributed by atoms with E-state index in [1.807, 2.05) is 62.4 Å². The van der Waals surface area contributed by atoms with E-state index >= 15 is 0 Å². The van der Waals surface area contributed by atoms with Gasteiger partial charge in [0.1, 0.15) is 24.6 Å². The van der Waals surface area contributed by atoms with Crippen LogP contribution in [0.1, 0.15) is 49.9 Å². The van der Waals surface area contributed by atoms with E-state index in [4.69, 9.17) is 18.9 Å². The Labute approximate surface area is 199 Å². The van der Waals surface area contributed by atoms with Crippen molar-refractivity contribution in [3.63, 3.8) is 0 Å². The number of hydrogen-bond donors (Lipinski definition) is 0. The van der Waals surface area contributed by atoms with Crippen LogP contribution in [0.25, 0.3) is 0 Å². The first-order chi connectivity index (χ1) is 16.4. The van der Waals surface area contributed by atoms with E-state index in [-0.39, 0.29) is 12.7 Å². The first-order valence-electron chi connectivity index (χ1n) is 11.2. The number of rotatable bonds is 7. The maximum atomic E-state index is 12.8. The highest BCUT2D eigenvalue weighted by atomic mass is 16.6. The van der Waals surface area contributed by atoms with E-state index in [1.165, 1.54) is 0 Å². The van der Waals surface area contributed by atoms with E-state index in [0.717, 1.165) is 22.4 Å². The Bertz CT molecular complexity index is 1120. The van der Waals surface area contributed by atoms with Crippen LogP contribution in [0.4, 0.5) is 0 Å². The van der Waals surface area contributed by atoms with Crippen molar-refractivity contribution >= 4 is 11.9 Å². The zero-order chi connectivity index (χ0) is 24.1. The Balaban J connectivity index is 1.47. The van der Waals surface area contributed by atoms with Crippen LogP contribution in [0.15, 0.2) is 72.8 Å². The second kappa shape index (κ2) is 10.5. The molecule has 0 unspecified atom stereocenters. The van der Waals surface area contributed by atoms with Gasteiger partial charge in [-0.1, -0.05) is 47.5 Å². The van der Waals surface area contributed by atoms with E-state index in [1.54, 1.807) is 31.4 Å².